The lowest BCUT2D eigenvalue weighted by Crippen LogP contribution is -2.11. The fourth-order valence-electron chi connectivity index (χ4n) is 2.06. The number of hydrogen-bond acceptors (Lipinski definition) is 4. The largest absolute Gasteiger partial charge is 0.387 e. The van der Waals surface area contributed by atoms with Crippen LogP contribution in [-0.4, -0.2) is 19.9 Å². The summed E-state index contributed by atoms with van der Waals surface area (Å²) in [6.07, 6.45) is 1.54. The number of thiophene rings is 1. The van der Waals surface area contributed by atoms with Crippen molar-refractivity contribution in [3.05, 3.63) is 34.0 Å². The molecular weight excluding hydrogens is 270 g/mol. The highest BCUT2D eigenvalue weighted by Crippen LogP contribution is 2.33. The number of aliphatic hydroxyl groups excluding tert-OH is 1. The number of rotatable bonds is 4. The number of hydrogen-bond donors (Lipinski definition) is 1. The lowest BCUT2D eigenvalue weighted by molar-refractivity contribution is 0.177. The minimum absolute atomic E-state index is 0.126. The summed E-state index contributed by atoms with van der Waals surface area (Å²) >= 11 is 1.68. The van der Waals surface area contributed by atoms with Gasteiger partial charge in [0, 0.05) is 22.2 Å². The summed E-state index contributed by atoms with van der Waals surface area (Å²) < 4.78 is 1.86. The molecule has 0 radical (unpaired) electrons. The Balaban J connectivity index is 2.14. The zero-order valence-electron chi connectivity index (χ0n) is 12.8. The maximum Gasteiger partial charge on any atom is 0.138 e. The van der Waals surface area contributed by atoms with E-state index in [1.54, 1.807) is 17.7 Å². The van der Waals surface area contributed by atoms with Gasteiger partial charge in [-0.25, -0.2) is 9.67 Å². The molecule has 0 saturated heterocycles. The number of aliphatic hydroxyl groups is 1. The van der Waals surface area contributed by atoms with Gasteiger partial charge in [-0.05, 0) is 31.4 Å². The Morgan fingerprint density at radius 2 is 2.00 bits per heavy atom. The monoisotopic (exact) mass is 293 g/mol. The molecule has 0 aliphatic rings. The summed E-state index contributed by atoms with van der Waals surface area (Å²) in [7, 11) is 0. The molecule has 0 saturated carbocycles. The van der Waals surface area contributed by atoms with Crippen LogP contribution >= 0.6 is 11.3 Å². The van der Waals surface area contributed by atoms with Crippen LogP contribution in [0.4, 0.5) is 0 Å². The van der Waals surface area contributed by atoms with Crippen molar-refractivity contribution in [3.8, 4) is 0 Å². The van der Waals surface area contributed by atoms with Crippen molar-refractivity contribution < 1.29 is 5.11 Å². The molecule has 20 heavy (non-hydrogen) atoms. The van der Waals surface area contributed by atoms with Crippen LogP contribution in [0.15, 0.2) is 18.5 Å². The first kappa shape index (κ1) is 15.2. The minimum Gasteiger partial charge on any atom is -0.387 e. The molecule has 5 heteroatoms. The molecule has 2 heterocycles. The smallest absolute Gasteiger partial charge is 0.138 e. The first-order valence-corrected chi connectivity index (χ1v) is 7.77. The molecular formula is C15H23N3OS. The molecule has 2 rings (SSSR count). The van der Waals surface area contributed by atoms with E-state index in [4.69, 9.17) is 0 Å². The quantitative estimate of drug-likeness (QED) is 0.938. The lowest BCUT2D eigenvalue weighted by Gasteiger charge is -2.16. The van der Waals surface area contributed by atoms with Gasteiger partial charge in [0.25, 0.3) is 0 Å². The zero-order valence-corrected chi connectivity index (χ0v) is 13.6. The molecule has 2 aromatic heterocycles. The van der Waals surface area contributed by atoms with Crippen molar-refractivity contribution in [1.29, 1.82) is 0 Å². The number of nitrogens with zero attached hydrogens (tertiary/aromatic N) is 3. The molecule has 0 bridgehead atoms. The van der Waals surface area contributed by atoms with Gasteiger partial charge < -0.3 is 5.11 Å². The average molecular weight is 293 g/mol. The summed E-state index contributed by atoms with van der Waals surface area (Å²) in [5, 5.41) is 14.6. The van der Waals surface area contributed by atoms with E-state index in [9.17, 15) is 5.11 Å². The fourth-order valence-corrected chi connectivity index (χ4v) is 3.11. The Hall–Kier alpha value is -1.20. The normalized spacial score (nSPS) is 13.9. The van der Waals surface area contributed by atoms with Crippen LogP contribution in [-0.2, 0) is 11.8 Å². The van der Waals surface area contributed by atoms with Crippen LogP contribution < -0.4 is 0 Å². The Morgan fingerprint density at radius 1 is 1.30 bits per heavy atom. The van der Waals surface area contributed by atoms with Gasteiger partial charge in [-0.1, -0.05) is 20.8 Å². The average Bonchev–Trinajstić information content (AvgIpc) is 2.95. The van der Waals surface area contributed by atoms with Gasteiger partial charge in [0.05, 0.1) is 6.10 Å². The molecule has 0 aliphatic carbocycles. The van der Waals surface area contributed by atoms with Crippen molar-refractivity contribution in [2.75, 3.05) is 0 Å². The van der Waals surface area contributed by atoms with E-state index in [1.165, 1.54) is 4.88 Å². The van der Waals surface area contributed by atoms with E-state index in [0.717, 1.165) is 10.7 Å². The van der Waals surface area contributed by atoms with Gasteiger partial charge in [0.15, 0.2) is 0 Å². The molecule has 2 aromatic rings. The molecule has 110 valence electrons. The van der Waals surface area contributed by atoms with Crippen molar-refractivity contribution in [1.82, 2.24) is 14.8 Å². The standard InChI is InChI=1S/C15H23N3OS/c1-10(2)18-14(16-9-17-18)8-11(19)12-6-7-13(20-12)15(3,4)5/h6-7,9-11,19H,8H2,1-5H3. The maximum absolute atomic E-state index is 10.4. The summed E-state index contributed by atoms with van der Waals surface area (Å²) in [4.78, 5) is 6.54. The zero-order chi connectivity index (χ0) is 14.9. The molecule has 0 fully saturated rings. The van der Waals surface area contributed by atoms with Gasteiger partial charge in [0.1, 0.15) is 12.2 Å². The highest BCUT2D eigenvalue weighted by atomic mass is 32.1. The molecule has 0 spiro atoms. The van der Waals surface area contributed by atoms with Gasteiger partial charge in [0.2, 0.25) is 0 Å². The third-order valence-electron chi connectivity index (χ3n) is 3.21. The van der Waals surface area contributed by atoms with Crippen molar-refractivity contribution in [3.63, 3.8) is 0 Å². The predicted molar refractivity (Wildman–Crippen MR) is 82.1 cm³/mol. The van der Waals surface area contributed by atoms with Crippen LogP contribution in [0.2, 0.25) is 0 Å². The third kappa shape index (κ3) is 3.27. The van der Waals surface area contributed by atoms with Crippen LogP contribution in [0, 0.1) is 0 Å². The van der Waals surface area contributed by atoms with E-state index in [2.05, 4.69) is 50.8 Å². The molecule has 4 nitrogen and oxygen atoms in total. The van der Waals surface area contributed by atoms with E-state index in [1.807, 2.05) is 10.7 Å². The summed E-state index contributed by atoms with van der Waals surface area (Å²) in [5.41, 5.74) is 0.126. The lowest BCUT2D eigenvalue weighted by atomic mass is 9.95. The fraction of sp³-hybridized carbons (Fsp3) is 0.600. The molecule has 1 N–H and O–H groups in total. The maximum atomic E-state index is 10.4. The van der Waals surface area contributed by atoms with E-state index in [0.29, 0.717) is 6.42 Å². The predicted octanol–water partition coefficient (Wildman–Crippen LogP) is 3.49. The van der Waals surface area contributed by atoms with Crippen LogP contribution in [0.3, 0.4) is 0 Å². The second-order valence-corrected chi connectivity index (χ2v) is 7.50. The van der Waals surface area contributed by atoms with Crippen LogP contribution in [0.25, 0.3) is 0 Å². The van der Waals surface area contributed by atoms with Crippen LogP contribution in [0.1, 0.15) is 62.3 Å². The highest BCUT2D eigenvalue weighted by molar-refractivity contribution is 7.12. The van der Waals surface area contributed by atoms with Crippen LogP contribution in [0.5, 0.6) is 0 Å². The topological polar surface area (TPSA) is 50.9 Å². The second kappa shape index (κ2) is 5.66. The summed E-state index contributed by atoms with van der Waals surface area (Å²) in [6.45, 7) is 10.7. The van der Waals surface area contributed by atoms with E-state index < -0.39 is 6.10 Å². The Bertz CT molecular complexity index is 566. The van der Waals surface area contributed by atoms with E-state index in [-0.39, 0.29) is 11.5 Å². The molecule has 1 atom stereocenters. The highest BCUT2D eigenvalue weighted by Gasteiger charge is 2.20. The first-order valence-electron chi connectivity index (χ1n) is 6.95. The van der Waals surface area contributed by atoms with Gasteiger partial charge in [-0.3, -0.25) is 0 Å². The SMILES string of the molecule is CC(C)n1ncnc1CC(O)c1ccc(C(C)(C)C)s1. The molecule has 1 unspecified atom stereocenters. The van der Waals surface area contributed by atoms with Gasteiger partial charge >= 0.3 is 0 Å². The molecule has 0 amide bonds. The Kier molecular flexibility index (Phi) is 4.30. The van der Waals surface area contributed by atoms with Crippen molar-refractivity contribution in [2.45, 2.75) is 58.6 Å². The van der Waals surface area contributed by atoms with Gasteiger partial charge in [-0.15, -0.1) is 11.3 Å². The summed E-state index contributed by atoms with van der Waals surface area (Å²) in [5.74, 6) is 0.832. The summed E-state index contributed by atoms with van der Waals surface area (Å²) in [6, 6.07) is 4.38. The Morgan fingerprint density at radius 3 is 2.55 bits per heavy atom. The first-order chi connectivity index (χ1) is 9.29. The minimum atomic E-state index is -0.516. The van der Waals surface area contributed by atoms with Gasteiger partial charge in [-0.2, -0.15) is 5.10 Å². The van der Waals surface area contributed by atoms with Crippen molar-refractivity contribution in [2.24, 2.45) is 0 Å². The van der Waals surface area contributed by atoms with Crippen molar-refractivity contribution >= 4 is 11.3 Å². The molecule has 0 aromatic carbocycles. The second-order valence-electron chi connectivity index (χ2n) is 6.39. The van der Waals surface area contributed by atoms with E-state index >= 15 is 0 Å². The number of aromatic nitrogens is 3. The Labute approximate surface area is 124 Å². The third-order valence-corrected chi connectivity index (χ3v) is 4.82. The molecule has 0 aliphatic heterocycles.